The highest BCUT2D eigenvalue weighted by Gasteiger charge is 2.29. The lowest BCUT2D eigenvalue weighted by Crippen LogP contribution is -2.48. The Labute approximate surface area is 177 Å². The minimum Gasteiger partial charge on any atom is -0.367 e. The molecule has 160 valence electrons. The van der Waals surface area contributed by atoms with Gasteiger partial charge in [-0.25, -0.2) is 0 Å². The molecule has 0 aromatic rings. The number of nitrogens with one attached hydrogen (secondary N) is 1. The summed E-state index contributed by atoms with van der Waals surface area (Å²) in [7, 11) is 0. The molecule has 0 saturated carbocycles. The van der Waals surface area contributed by atoms with Crippen molar-refractivity contribution in [1.82, 2.24) is 20.0 Å². The van der Waals surface area contributed by atoms with Gasteiger partial charge in [-0.3, -0.25) is 0 Å². The van der Waals surface area contributed by atoms with Crippen LogP contribution in [0.5, 0.6) is 0 Å². The Morgan fingerprint density at radius 2 is 1.62 bits per heavy atom. The van der Waals surface area contributed by atoms with Gasteiger partial charge in [-0.1, -0.05) is 0 Å². The molecular weight excluding hydrogens is 360 g/mol. The fourth-order valence-electron chi connectivity index (χ4n) is 5.14. The first-order valence-corrected chi connectivity index (χ1v) is 11.6. The van der Waals surface area contributed by atoms with Gasteiger partial charge in [-0.2, -0.15) is 10.5 Å². The number of rotatable bonds is 6. The van der Waals surface area contributed by atoms with Crippen molar-refractivity contribution < 1.29 is 0 Å². The average Bonchev–Trinajstić information content (AvgIpc) is 3.13. The SMILES string of the molecule is CC(C)N1CCC(NC(=C(C#N)C#N)N2CCC(CN3CCCC3C)CC2)CC1. The van der Waals surface area contributed by atoms with Crippen LogP contribution in [0.4, 0.5) is 0 Å². The maximum atomic E-state index is 9.53. The van der Waals surface area contributed by atoms with Crippen molar-refractivity contribution >= 4 is 0 Å². The van der Waals surface area contributed by atoms with Crippen LogP contribution in [-0.2, 0) is 0 Å². The van der Waals surface area contributed by atoms with E-state index in [0.29, 0.717) is 12.1 Å². The Balaban J connectivity index is 1.57. The number of nitriles is 2. The predicted octanol–water partition coefficient (Wildman–Crippen LogP) is 2.90. The molecule has 6 heteroatoms. The Bertz CT molecular complexity index is 625. The summed E-state index contributed by atoms with van der Waals surface area (Å²) in [5.41, 5.74) is 0.239. The molecule has 1 N–H and O–H groups in total. The Hall–Kier alpha value is -1.76. The average molecular weight is 399 g/mol. The lowest BCUT2D eigenvalue weighted by atomic mass is 9.95. The van der Waals surface area contributed by atoms with Gasteiger partial charge in [0, 0.05) is 50.8 Å². The molecule has 1 atom stereocenters. The van der Waals surface area contributed by atoms with Gasteiger partial charge >= 0.3 is 0 Å². The molecule has 0 bridgehead atoms. The topological polar surface area (TPSA) is 69.3 Å². The van der Waals surface area contributed by atoms with Crippen molar-refractivity contribution in [2.75, 3.05) is 39.3 Å². The summed E-state index contributed by atoms with van der Waals surface area (Å²) in [6, 6.07) is 5.93. The quantitative estimate of drug-likeness (QED) is 0.694. The van der Waals surface area contributed by atoms with Crippen LogP contribution < -0.4 is 5.32 Å². The molecule has 3 aliphatic rings. The van der Waals surface area contributed by atoms with Gasteiger partial charge in [0.05, 0.1) is 0 Å². The van der Waals surface area contributed by atoms with E-state index in [4.69, 9.17) is 0 Å². The zero-order valence-electron chi connectivity index (χ0n) is 18.5. The smallest absolute Gasteiger partial charge is 0.169 e. The van der Waals surface area contributed by atoms with Gasteiger partial charge in [0.15, 0.2) is 5.57 Å². The van der Waals surface area contributed by atoms with Gasteiger partial charge in [-0.05, 0) is 71.8 Å². The van der Waals surface area contributed by atoms with Crippen molar-refractivity contribution in [3.63, 3.8) is 0 Å². The minimum absolute atomic E-state index is 0.239. The summed E-state index contributed by atoms with van der Waals surface area (Å²) < 4.78 is 0. The molecule has 29 heavy (non-hydrogen) atoms. The first-order chi connectivity index (χ1) is 14.0. The van der Waals surface area contributed by atoms with Crippen molar-refractivity contribution in [1.29, 1.82) is 10.5 Å². The maximum absolute atomic E-state index is 9.53. The molecule has 0 spiro atoms. The lowest BCUT2D eigenvalue weighted by molar-refractivity contribution is 0.140. The fourth-order valence-corrected chi connectivity index (χ4v) is 5.14. The Morgan fingerprint density at radius 1 is 0.966 bits per heavy atom. The standard InChI is InChI=1S/C23H38N6/c1-18(2)27-13-8-22(9-14-27)26-23(21(15-24)16-25)28-11-6-20(7-12-28)17-29-10-4-5-19(29)3/h18-20,22,26H,4-14,17H2,1-3H3. The van der Waals surface area contributed by atoms with Crippen LogP contribution in [-0.4, -0.2) is 72.1 Å². The van der Waals surface area contributed by atoms with E-state index in [1.165, 1.54) is 25.9 Å². The van der Waals surface area contributed by atoms with Crippen LogP contribution in [0.3, 0.4) is 0 Å². The number of hydrogen-bond acceptors (Lipinski definition) is 6. The van der Waals surface area contributed by atoms with Gasteiger partial charge in [-0.15, -0.1) is 0 Å². The van der Waals surface area contributed by atoms with Crippen molar-refractivity contribution in [3.8, 4) is 12.1 Å². The van der Waals surface area contributed by atoms with E-state index in [2.05, 4.69) is 52.9 Å². The molecule has 3 heterocycles. The molecule has 3 rings (SSSR count). The lowest BCUT2D eigenvalue weighted by Gasteiger charge is -2.40. The van der Waals surface area contributed by atoms with Crippen LogP contribution in [0, 0.1) is 28.6 Å². The first kappa shape index (κ1) is 21.9. The molecule has 3 fully saturated rings. The van der Waals surface area contributed by atoms with Crippen molar-refractivity contribution in [2.24, 2.45) is 5.92 Å². The number of likely N-dealkylation sites (tertiary alicyclic amines) is 3. The molecule has 6 nitrogen and oxygen atoms in total. The number of piperidine rings is 2. The number of allylic oxidation sites excluding steroid dienone is 1. The second-order valence-electron chi connectivity index (χ2n) is 9.41. The largest absolute Gasteiger partial charge is 0.367 e. The normalized spacial score (nSPS) is 25.0. The molecule has 3 aliphatic heterocycles. The predicted molar refractivity (Wildman–Crippen MR) is 116 cm³/mol. The van der Waals surface area contributed by atoms with Crippen LogP contribution in [0.25, 0.3) is 0 Å². The summed E-state index contributed by atoms with van der Waals surface area (Å²) in [5, 5.41) is 22.7. The van der Waals surface area contributed by atoms with E-state index < -0.39 is 0 Å². The van der Waals surface area contributed by atoms with Crippen molar-refractivity contribution in [3.05, 3.63) is 11.4 Å². The third-order valence-corrected chi connectivity index (χ3v) is 7.18. The van der Waals surface area contributed by atoms with Gasteiger partial charge < -0.3 is 20.0 Å². The highest BCUT2D eigenvalue weighted by molar-refractivity contribution is 5.39. The second kappa shape index (κ2) is 10.3. The first-order valence-electron chi connectivity index (χ1n) is 11.6. The fraction of sp³-hybridized carbons (Fsp3) is 0.826. The van der Waals surface area contributed by atoms with Gasteiger partial charge in [0.25, 0.3) is 0 Å². The zero-order chi connectivity index (χ0) is 20.8. The molecule has 0 aromatic carbocycles. The number of hydrogen-bond donors (Lipinski definition) is 1. The Morgan fingerprint density at radius 3 is 2.14 bits per heavy atom. The van der Waals surface area contributed by atoms with E-state index in [1.807, 2.05) is 0 Å². The molecule has 0 aromatic heterocycles. The summed E-state index contributed by atoms with van der Waals surface area (Å²) in [5.74, 6) is 1.51. The summed E-state index contributed by atoms with van der Waals surface area (Å²) >= 11 is 0. The van der Waals surface area contributed by atoms with E-state index >= 15 is 0 Å². The van der Waals surface area contributed by atoms with Crippen LogP contribution >= 0.6 is 0 Å². The van der Waals surface area contributed by atoms with Crippen LogP contribution in [0.1, 0.15) is 59.3 Å². The summed E-state index contributed by atoms with van der Waals surface area (Å²) in [4.78, 5) is 7.41. The van der Waals surface area contributed by atoms with Crippen LogP contribution in [0.15, 0.2) is 11.4 Å². The maximum Gasteiger partial charge on any atom is 0.169 e. The van der Waals surface area contributed by atoms with Gasteiger partial charge in [0.1, 0.15) is 18.0 Å². The van der Waals surface area contributed by atoms with Crippen LogP contribution in [0.2, 0.25) is 0 Å². The highest BCUT2D eigenvalue weighted by atomic mass is 15.3. The van der Waals surface area contributed by atoms with Gasteiger partial charge in [0.2, 0.25) is 0 Å². The molecule has 0 amide bonds. The second-order valence-corrected chi connectivity index (χ2v) is 9.41. The zero-order valence-corrected chi connectivity index (χ0v) is 18.5. The minimum atomic E-state index is 0.239. The third-order valence-electron chi connectivity index (χ3n) is 7.18. The molecular formula is C23H38N6. The molecule has 0 radical (unpaired) electrons. The van der Waals surface area contributed by atoms with Crippen molar-refractivity contribution in [2.45, 2.75) is 77.4 Å². The monoisotopic (exact) mass is 398 g/mol. The van der Waals surface area contributed by atoms with E-state index in [0.717, 1.165) is 69.6 Å². The number of nitrogens with zero attached hydrogens (tertiary/aromatic N) is 5. The summed E-state index contributed by atoms with van der Waals surface area (Å²) in [6.07, 6.45) is 7.08. The van der Waals surface area contributed by atoms with E-state index in [1.54, 1.807) is 0 Å². The summed E-state index contributed by atoms with van der Waals surface area (Å²) in [6.45, 7) is 13.3. The van der Waals surface area contributed by atoms with E-state index in [-0.39, 0.29) is 5.57 Å². The molecule has 3 saturated heterocycles. The third kappa shape index (κ3) is 5.65. The Kier molecular flexibility index (Phi) is 7.81. The van der Waals surface area contributed by atoms with E-state index in [9.17, 15) is 10.5 Å². The highest BCUT2D eigenvalue weighted by Crippen LogP contribution is 2.26. The molecule has 1 unspecified atom stereocenters. The molecule has 0 aliphatic carbocycles.